The van der Waals surface area contributed by atoms with E-state index in [-0.39, 0.29) is 6.04 Å². The lowest BCUT2D eigenvalue weighted by atomic mass is 9.71. The molecule has 2 fully saturated rings. The van der Waals surface area contributed by atoms with E-state index >= 15 is 0 Å². The molecule has 0 spiro atoms. The van der Waals surface area contributed by atoms with Gasteiger partial charge in [-0.05, 0) is 44.6 Å². The van der Waals surface area contributed by atoms with E-state index in [2.05, 4.69) is 6.58 Å². The van der Waals surface area contributed by atoms with Gasteiger partial charge in [0.15, 0.2) is 0 Å². The molecule has 2 aliphatic rings. The fraction of sp³-hybridized carbons (Fsp3) is 0.750. The predicted octanol–water partition coefficient (Wildman–Crippen LogP) is 1.75. The SMILES string of the molecule is C=C1CCC2CN(C)C(C(=O)O)CC2C1. The fourth-order valence-electron chi connectivity index (χ4n) is 3.03. The molecule has 1 aliphatic heterocycles. The minimum atomic E-state index is -0.674. The molecule has 1 N–H and O–H groups in total. The summed E-state index contributed by atoms with van der Waals surface area (Å²) < 4.78 is 0. The van der Waals surface area contributed by atoms with Crippen LogP contribution in [-0.2, 0) is 4.79 Å². The first-order valence-corrected chi connectivity index (χ1v) is 5.67. The molecule has 1 saturated heterocycles. The molecule has 0 aromatic carbocycles. The Morgan fingerprint density at radius 2 is 2.27 bits per heavy atom. The van der Waals surface area contributed by atoms with Gasteiger partial charge in [-0.2, -0.15) is 0 Å². The lowest BCUT2D eigenvalue weighted by Crippen LogP contribution is -2.49. The maximum Gasteiger partial charge on any atom is 0.320 e. The third-order valence-electron chi connectivity index (χ3n) is 3.95. The van der Waals surface area contributed by atoms with Gasteiger partial charge >= 0.3 is 5.97 Å². The molecular formula is C12H19NO2. The Morgan fingerprint density at radius 3 is 2.93 bits per heavy atom. The molecule has 0 aromatic heterocycles. The number of carboxylic acids is 1. The lowest BCUT2D eigenvalue weighted by Gasteiger charge is -2.43. The van der Waals surface area contributed by atoms with E-state index in [0.29, 0.717) is 11.8 Å². The summed E-state index contributed by atoms with van der Waals surface area (Å²) in [5.74, 6) is 0.576. The molecule has 0 amide bonds. The van der Waals surface area contributed by atoms with E-state index in [9.17, 15) is 4.79 Å². The van der Waals surface area contributed by atoms with Crippen LogP contribution in [0, 0.1) is 11.8 Å². The number of fused-ring (bicyclic) bond motifs is 1. The normalized spacial score (nSPS) is 37.4. The first-order chi connectivity index (χ1) is 7.08. The third-order valence-corrected chi connectivity index (χ3v) is 3.95. The maximum atomic E-state index is 11.1. The summed E-state index contributed by atoms with van der Waals surface area (Å²) in [5.41, 5.74) is 1.31. The Labute approximate surface area is 90.8 Å². The molecule has 3 unspecified atom stereocenters. The number of rotatable bonds is 1. The summed E-state index contributed by atoms with van der Waals surface area (Å²) in [7, 11) is 1.93. The van der Waals surface area contributed by atoms with E-state index in [1.165, 1.54) is 12.0 Å². The Morgan fingerprint density at radius 1 is 1.53 bits per heavy atom. The highest BCUT2D eigenvalue weighted by atomic mass is 16.4. The van der Waals surface area contributed by atoms with E-state index < -0.39 is 5.97 Å². The van der Waals surface area contributed by atoms with Gasteiger partial charge in [-0.25, -0.2) is 0 Å². The van der Waals surface area contributed by atoms with Crippen molar-refractivity contribution in [1.82, 2.24) is 4.90 Å². The van der Waals surface area contributed by atoms with Crippen molar-refractivity contribution in [3.63, 3.8) is 0 Å². The molecule has 0 aromatic rings. The Balaban J connectivity index is 2.06. The average Bonchev–Trinajstić information content (AvgIpc) is 2.17. The standard InChI is InChI=1S/C12H19NO2/c1-8-3-4-9-7-13(2)11(12(14)15)6-10(9)5-8/h9-11H,1,3-7H2,2H3,(H,14,15). The first-order valence-electron chi connectivity index (χ1n) is 5.67. The van der Waals surface area contributed by atoms with Crippen LogP contribution < -0.4 is 0 Å². The number of piperidine rings is 1. The van der Waals surface area contributed by atoms with E-state index in [0.717, 1.165) is 25.8 Å². The number of hydrogen-bond acceptors (Lipinski definition) is 2. The third kappa shape index (κ3) is 2.07. The Bertz CT molecular complexity index is 287. The summed E-state index contributed by atoms with van der Waals surface area (Å²) in [5, 5.41) is 9.10. The van der Waals surface area contributed by atoms with Crippen molar-refractivity contribution in [1.29, 1.82) is 0 Å². The van der Waals surface area contributed by atoms with Crippen LogP contribution >= 0.6 is 0 Å². The van der Waals surface area contributed by atoms with Gasteiger partial charge in [0.25, 0.3) is 0 Å². The number of allylic oxidation sites excluding steroid dienone is 1. The van der Waals surface area contributed by atoms with Crippen LogP contribution in [0.1, 0.15) is 25.7 Å². The van der Waals surface area contributed by atoms with Crippen molar-refractivity contribution in [2.24, 2.45) is 11.8 Å². The van der Waals surface area contributed by atoms with Crippen molar-refractivity contribution in [2.45, 2.75) is 31.7 Å². The van der Waals surface area contributed by atoms with Gasteiger partial charge in [-0.15, -0.1) is 0 Å². The van der Waals surface area contributed by atoms with Crippen molar-refractivity contribution >= 4 is 5.97 Å². The highest BCUT2D eigenvalue weighted by Crippen LogP contribution is 2.39. The van der Waals surface area contributed by atoms with Crippen molar-refractivity contribution in [3.8, 4) is 0 Å². The monoisotopic (exact) mass is 209 g/mol. The zero-order chi connectivity index (χ0) is 11.0. The molecular weight excluding hydrogens is 190 g/mol. The van der Waals surface area contributed by atoms with Crippen LogP contribution in [0.15, 0.2) is 12.2 Å². The van der Waals surface area contributed by atoms with Crippen LogP contribution in [-0.4, -0.2) is 35.6 Å². The second kappa shape index (κ2) is 3.97. The molecule has 1 saturated carbocycles. The molecule has 0 bridgehead atoms. The van der Waals surface area contributed by atoms with Gasteiger partial charge in [-0.1, -0.05) is 12.2 Å². The number of hydrogen-bond donors (Lipinski definition) is 1. The molecule has 3 nitrogen and oxygen atoms in total. The summed E-state index contributed by atoms with van der Waals surface area (Å²) in [4.78, 5) is 13.1. The topological polar surface area (TPSA) is 40.5 Å². The minimum Gasteiger partial charge on any atom is -0.480 e. The van der Waals surface area contributed by atoms with Crippen LogP contribution in [0.5, 0.6) is 0 Å². The smallest absolute Gasteiger partial charge is 0.320 e. The molecule has 15 heavy (non-hydrogen) atoms. The highest BCUT2D eigenvalue weighted by Gasteiger charge is 2.38. The summed E-state index contributed by atoms with van der Waals surface area (Å²) in [6.45, 7) is 4.97. The second-order valence-electron chi connectivity index (χ2n) is 5.04. The number of carboxylic acid groups (broad SMARTS) is 1. The van der Waals surface area contributed by atoms with E-state index in [1.54, 1.807) is 0 Å². The van der Waals surface area contributed by atoms with Crippen molar-refractivity contribution in [2.75, 3.05) is 13.6 Å². The van der Waals surface area contributed by atoms with Gasteiger partial charge in [0, 0.05) is 6.54 Å². The van der Waals surface area contributed by atoms with Gasteiger partial charge in [0.2, 0.25) is 0 Å². The quantitative estimate of drug-likeness (QED) is 0.669. The molecule has 1 heterocycles. The molecule has 2 rings (SSSR count). The van der Waals surface area contributed by atoms with E-state index in [1.807, 2.05) is 11.9 Å². The first kappa shape index (κ1) is 10.7. The average molecular weight is 209 g/mol. The molecule has 3 atom stereocenters. The molecule has 1 aliphatic carbocycles. The summed E-state index contributed by atoms with van der Waals surface area (Å²) in [6.07, 6.45) is 4.17. The number of likely N-dealkylation sites (tertiary alicyclic amines) is 1. The van der Waals surface area contributed by atoms with Crippen LogP contribution in [0.25, 0.3) is 0 Å². The van der Waals surface area contributed by atoms with Crippen molar-refractivity contribution in [3.05, 3.63) is 12.2 Å². The number of carbonyl (C=O) groups is 1. The van der Waals surface area contributed by atoms with Crippen molar-refractivity contribution < 1.29 is 9.90 Å². The predicted molar refractivity (Wildman–Crippen MR) is 58.6 cm³/mol. The lowest BCUT2D eigenvalue weighted by molar-refractivity contribution is -0.145. The Kier molecular flexibility index (Phi) is 2.83. The molecule has 3 heteroatoms. The minimum absolute atomic E-state index is 0.280. The van der Waals surface area contributed by atoms with Gasteiger partial charge < -0.3 is 5.11 Å². The van der Waals surface area contributed by atoms with Crippen LogP contribution in [0.4, 0.5) is 0 Å². The summed E-state index contributed by atoms with van der Waals surface area (Å²) in [6, 6.07) is -0.280. The molecule has 84 valence electrons. The number of nitrogens with zero attached hydrogens (tertiary/aromatic N) is 1. The van der Waals surface area contributed by atoms with Crippen LogP contribution in [0.2, 0.25) is 0 Å². The van der Waals surface area contributed by atoms with E-state index in [4.69, 9.17) is 5.11 Å². The van der Waals surface area contributed by atoms with Gasteiger partial charge in [-0.3, -0.25) is 9.69 Å². The van der Waals surface area contributed by atoms with Gasteiger partial charge in [0.1, 0.15) is 6.04 Å². The zero-order valence-corrected chi connectivity index (χ0v) is 9.28. The maximum absolute atomic E-state index is 11.1. The fourth-order valence-corrected chi connectivity index (χ4v) is 3.03. The van der Waals surface area contributed by atoms with Crippen LogP contribution in [0.3, 0.4) is 0 Å². The largest absolute Gasteiger partial charge is 0.480 e. The number of aliphatic carboxylic acids is 1. The van der Waals surface area contributed by atoms with Gasteiger partial charge in [0.05, 0.1) is 0 Å². The highest BCUT2D eigenvalue weighted by molar-refractivity contribution is 5.73. The summed E-state index contributed by atoms with van der Waals surface area (Å²) >= 11 is 0. The second-order valence-corrected chi connectivity index (χ2v) is 5.04. The molecule has 0 radical (unpaired) electrons. The number of likely N-dealkylation sites (N-methyl/N-ethyl adjacent to an activating group) is 1. The zero-order valence-electron chi connectivity index (χ0n) is 9.28. The Hall–Kier alpha value is -0.830.